The summed E-state index contributed by atoms with van der Waals surface area (Å²) in [6.07, 6.45) is 4.22. The Morgan fingerprint density at radius 2 is 1.08 bits per heavy atom. The molecule has 300 valence electrons. The highest BCUT2D eigenvalue weighted by atomic mass is 16.3. The molecule has 2 nitrogen and oxygen atoms in total. The van der Waals surface area contributed by atoms with E-state index in [0.717, 1.165) is 23.8 Å². The molecule has 0 bridgehead atoms. The molecule has 0 aliphatic heterocycles. The van der Waals surface area contributed by atoms with E-state index in [1.807, 2.05) is 0 Å². The predicted molar refractivity (Wildman–Crippen MR) is 264 cm³/mol. The van der Waals surface area contributed by atoms with Gasteiger partial charge in [0.2, 0.25) is 0 Å². The molecule has 0 spiro atoms. The van der Waals surface area contributed by atoms with Crippen molar-refractivity contribution in [3.05, 3.63) is 245 Å². The van der Waals surface area contributed by atoms with Crippen molar-refractivity contribution in [3.63, 3.8) is 0 Å². The standard InChI is InChI=1S/C61H45NO/c1-40-36-55(61-57(37-40)51-20-11-13-23-59(51)63-61)47-34-32-45(33-35-47)53(44-30-28-43(29-31-44)42-14-4-2-5-15-42)38-41-24-26-46(27-25-41)54-39-56-50-19-10-12-22-58(50)62(48-16-6-3-7-17-48)60(56)52-21-9-8-18-49(52)54/h2-35,37,39-40,53H,36,38H2,1H3/t40-,53?/m0/s1. The molecule has 2 heterocycles. The number of furan rings is 1. The molecule has 2 heteroatoms. The number of nitrogens with zero attached hydrogens (tertiary/aromatic N) is 1. The number of benzene rings is 9. The average Bonchev–Trinajstić information content (AvgIpc) is 3.90. The van der Waals surface area contributed by atoms with E-state index in [1.54, 1.807) is 0 Å². The van der Waals surface area contributed by atoms with Crippen molar-refractivity contribution in [2.75, 3.05) is 0 Å². The van der Waals surface area contributed by atoms with Crippen LogP contribution in [0.1, 0.15) is 41.5 Å². The zero-order valence-electron chi connectivity index (χ0n) is 35.2. The van der Waals surface area contributed by atoms with Crippen LogP contribution in [0.2, 0.25) is 0 Å². The molecule has 11 aromatic rings. The minimum atomic E-state index is 0.168. The molecular formula is C61H45NO. The Morgan fingerprint density at radius 1 is 0.508 bits per heavy atom. The van der Waals surface area contributed by atoms with Gasteiger partial charge in [-0.3, -0.25) is 0 Å². The molecule has 0 N–H and O–H groups in total. The first-order chi connectivity index (χ1) is 31.1. The van der Waals surface area contributed by atoms with Crippen molar-refractivity contribution in [1.29, 1.82) is 0 Å². The molecule has 1 unspecified atom stereocenters. The minimum Gasteiger partial charge on any atom is -0.456 e. The largest absolute Gasteiger partial charge is 0.456 e. The van der Waals surface area contributed by atoms with E-state index >= 15 is 0 Å². The smallest absolute Gasteiger partial charge is 0.138 e. The summed E-state index contributed by atoms with van der Waals surface area (Å²) < 4.78 is 8.97. The van der Waals surface area contributed by atoms with Gasteiger partial charge in [0, 0.05) is 43.9 Å². The summed E-state index contributed by atoms with van der Waals surface area (Å²) >= 11 is 0. The zero-order chi connectivity index (χ0) is 41.9. The van der Waals surface area contributed by atoms with Gasteiger partial charge in [-0.05, 0) is 99.0 Å². The van der Waals surface area contributed by atoms with Gasteiger partial charge in [-0.15, -0.1) is 0 Å². The lowest BCUT2D eigenvalue weighted by molar-refractivity contribution is 0.563. The normalized spacial score (nSPS) is 14.3. The van der Waals surface area contributed by atoms with Crippen LogP contribution in [0.15, 0.2) is 217 Å². The Hall–Kier alpha value is -7.68. The second-order valence-electron chi connectivity index (χ2n) is 17.3. The number of hydrogen-bond donors (Lipinski definition) is 0. The monoisotopic (exact) mass is 807 g/mol. The number of hydrogen-bond acceptors (Lipinski definition) is 1. The molecule has 12 rings (SSSR count). The van der Waals surface area contributed by atoms with Crippen LogP contribution in [0.3, 0.4) is 0 Å². The Morgan fingerprint density at radius 3 is 1.81 bits per heavy atom. The lowest BCUT2D eigenvalue weighted by Crippen LogP contribution is -2.29. The van der Waals surface area contributed by atoms with Crippen LogP contribution in [0, 0.1) is 5.92 Å². The summed E-state index contributed by atoms with van der Waals surface area (Å²) in [6.45, 7) is 2.31. The fraction of sp³-hybridized carbons (Fsp3) is 0.0820. The van der Waals surface area contributed by atoms with Crippen LogP contribution >= 0.6 is 0 Å². The molecule has 0 amide bonds. The first-order valence-electron chi connectivity index (χ1n) is 22.2. The predicted octanol–water partition coefficient (Wildman–Crippen LogP) is 14.4. The first-order valence-corrected chi connectivity index (χ1v) is 22.2. The molecular weight excluding hydrogens is 763 g/mol. The van der Waals surface area contributed by atoms with E-state index in [2.05, 4.69) is 230 Å². The topological polar surface area (TPSA) is 18.1 Å². The molecule has 9 aromatic carbocycles. The average molecular weight is 808 g/mol. The van der Waals surface area contributed by atoms with Crippen LogP contribution in [0.25, 0.3) is 83.1 Å². The Labute approximate surface area is 367 Å². The second-order valence-corrected chi connectivity index (χ2v) is 17.3. The van der Waals surface area contributed by atoms with Crippen LogP contribution in [0.5, 0.6) is 0 Å². The van der Waals surface area contributed by atoms with Gasteiger partial charge in [0.05, 0.1) is 11.0 Å². The summed E-state index contributed by atoms with van der Waals surface area (Å²) in [5, 5.41) is 7.47. The van der Waals surface area contributed by atoms with Crippen LogP contribution < -0.4 is 10.6 Å². The van der Waals surface area contributed by atoms with E-state index in [1.165, 1.54) is 99.0 Å². The molecule has 0 fully saturated rings. The maximum Gasteiger partial charge on any atom is 0.138 e. The first kappa shape index (κ1) is 37.1. The van der Waals surface area contributed by atoms with Crippen LogP contribution in [0.4, 0.5) is 0 Å². The highest BCUT2D eigenvalue weighted by molar-refractivity contribution is 6.22. The quantitative estimate of drug-likeness (QED) is 0.150. The fourth-order valence-electron chi connectivity index (χ4n) is 10.3. The SMILES string of the molecule is C[C@@H]1C=c2c(oc3ccccc23)=C(c2ccc(C(Cc3ccc(-c4cc5c6ccccc6n(-c6ccccc6)c5c5ccccc45)cc3)c3ccc(-c4ccccc4)cc3)cc2)C1. The molecule has 1 aliphatic rings. The van der Waals surface area contributed by atoms with E-state index in [0.29, 0.717) is 5.92 Å². The van der Waals surface area contributed by atoms with Crippen molar-refractivity contribution in [2.24, 2.45) is 5.92 Å². The van der Waals surface area contributed by atoms with Crippen LogP contribution in [-0.4, -0.2) is 4.57 Å². The van der Waals surface area contributed by atoms with Gasteiger partial charge in [-0.25, -0.2) is 0 Å². The summed E-state index contributed by atoms with van der Waals surface area (Å²) in [5.74, 6) is 0.600. The third kappa shape index (κ3) is 6.49. The molecule has 0 saturated carbocycles. The molecule has 2 aromatic heterocycles. The summed E-state index contributed by atoms with van der Waals surface area (Å²) in [7, 11) is 0. The molecule has 1 aliphatic carbocycles. The van der Waals surface area contributed by atoms with E-state index in [-0.39, 0.29) is 5.92 Å². The molecule has 63 heavy (non-hydrogen) atoms. The maximum atomic E-state index is 6.53. The number of rotatable bonds is 8. The summed E-state index contributed by atoms with van der Waals surface area (Å²) in [4.78, 5) is 0. The maximum absolute atomic E-state index is 6.53. The van der Waals surface area contributed by atoms with Crippen molar-refractivity contribution in [1.82, 2.24) is 4.57 Å². The molecule has 2 atom stereocenters. The van der Waals surface area contributed by atoms with Gasteiger partial charge < -0.3 is 8.98 Å². The van der Waals surface area contributed by atoms with Gasteiger partial charge >= 0.3 is 0 Å². The van der Waals surface area contributed by atoms with Crippen LogP contribution in [-0.2, 0) is 6.42 Å². The van der Waals surface area contributed by atoms with E-state index in [9.17, 15) is 0 Å². The zero-order valence-corrected chi connectivity index (χ0v) is 35.2. The summed E-state index contributed by atoms with van der Waals surface area (Å²) in [6, 6.07) is 77.9. The Kier molecular flexibility index (Phi) is 9.04. The lowest BCUT2D eigenvalue weighted by atomic mass is 9.83. The van der Waals surface area contributed by atoms with Gasteiger partial charge in [-0.1, -0.05) is 195 Å². The van der Waals surface area contributed by atoms with Crippen molar-refractivity contribution >= 4 is 55.2 Å². The van der Waals surface area contributed by atoms with E-state index < -0.39 is 0 Å². The fourth-order valence-corrected chi connectivity index (χ4v) is 10.3. The third-order valence-electron chi connectivity index (χ3n) is 13.4. The van der Waals surface area contributed by atoms with Gasteiger partial charge in [0.1, 0.15) is 11.0 Å². The molecule has 0 saturated heterocycles. The highest BCUT2D eigenvalue weighted by Crippen LogP contribution is 2.42. The van der Waals surface area contributed by atoms with Crippen molar-refractivity contribution in [3.8, 4) is 27.9 Å². The summed E-state index contributed by atoms with van der Waals surface area (Å²) in [5.41, 5.74) is 17.0. The number of aromatic nitrogens is 1. The highest BCUT2D eigenvalue weighted by Gasteiger charge is 2.21. The number of fused-ring (bicyclic) bond motifs is 8. The minimum absolute atomic E-state index is 0.168. The second kappa shape index (κ2) is 15.3. The molecule has 0 radical (unpaired) electrons. The van der Waals surface area contributed by atoms with Crippen molar-refractivity contribution in [2.45, 2.75) is 25.7 Å². The lowest BCUT2D eigenvalue weighted by Gasteiger charge is -2.21. The van der Waals surface area contributed by atoms with Gasteiger partial charge in [0.15, 0.2) is 0 Å². The Bertz CT molecular complexity index is 3600. The Balaban J connectivity index is 0.933. The van der Waals surface area contributed by atoms with Crippen molar-refractivity contribution < 1.29 is 4.42 Å². The van der Waals surface area contributed by atoms with Gasteiger partial charge in [-0.2, -0.15) is 0 Å². The third-order valence-corrected chi connectivity index (χ3v) is 13.4. The van der Waals surface area contributed by atoms with E-state index in [4.69, 9.17) is 4.42 Å². The van der Waals surface area contributed by atoms with Gasteiger partial charge in [0.25, 0.3) is 0 Å². The number of para-hydroxylation sites is 3.